The van der Waals surface area contributed by atoms with Crippen LogP contribution in [0.25, 0.3) is 0 Å². The number of hydrogen-bond acceptors (Lipinski definition) is 4. The van der Waals surface area contributed by atoms with Gasteiger partial charge >= 0.3 is 0 Å². The molecule has 0 radical (unpaired) electrons. The maximum Gasteiger partial charge on any atom is 0.107 e. The van der Waals surface area contributed by atoms with Gasteiger partial charge in [0.25, 0.3) is 0 Å². The van der Waals surface area contributed by atoms with Crippen molar-refractivity contribution in [2.24, 2.45) is 11.7 Å². The van der Waals surface area contributed by atoms with Crippen molar-refractivity contribution in [1.29, 1.82) is 0 Å². The molecule has 1 unspecified atom stereocenters. The second-order valence-electron chi connectivity index (χ2n) is 4.69. The van der Waals surface area contributed by atoms with E-state index in [-0.39, 0.29) is 0 Å². The summed E-state index contributed by atoms with van der Waals surface area (Å²) in [6.07, 6.45) is 4.34. The van der Waals surface area contributed by atoms with Crippen LogP contribution in [0.1, 0.15) is 18.4 Å². The molecule has 3 nitrogen and oxygen atoms in total. The van der Waals surface area contributed by atoms with E-state index >= 15 is 0 Å². The maximum absolute atomic E-state index is 5.84. The fourth-order valence-electron chi connectivity index (χ4n) is 2.32. The molecular weight excluding hydrogens is 276 g/mol. The molecule has 1 fully saturated rings. The first-order chi connectivity index (χ1) is 9.22. The lowest BCUT2D eigenvalue weighted by Crippen LogP contribution is -2.16. The molecular formula is C14H20N2OS2. The molecule has 5 heteroatoms. The Morgan fingerprint density at radius 1 is 1.58 bits per heavy atom. The molecule has 1 heterocycles. The normalized spacial score (nSPS) is 18.5. The van der Waals surface area contributed by atoms with Crippen molar-refractivity contribution in [3.63, 3.8) is 0 Å². The molecule has 1 aromatic rings. The van der Waals surface area contributed by atoms with Crippen LogP contribution in [0.3, 0.4) is 0 Å². The quantitative estimate of drug-likeness (QED) is 0.624. The Labute approximate surface area is 124 Å². The van der Waals surface area contributed by atoms with Crippen molar-refractivity contribution in [3.05, 3.63) is 23.8 Å². The van der Waals surface area contributed by atoms with Crippen LogP contribution >= 0.6 is 24.0 Å². The van der Waals surface area contributed by atoms with Crippen LogP contribution in [-0.2, 0) is 4.74 Å². The minimum Gasteiger partial charge on any atom is -0.389 e. The summed E-state index contributed by atoms with van der Waals surface area (Å²) in [5, 5.41) is 3.46. The van der Waals surface area contributed by atoms with Crippen molar-refractivity contribution >= 4 is 34.7 Å². The molecule has 1 aliphatic rings. The smallest absolute Gasteiger partial charge is 0.107 e. The average Bonchev–Trinajstić information content (AvgIpc) is 2.91. The van der Waals surface area contributed by atoms with Gasteiger partial charge in [0.1, 0.15) is 4.99 Å². The molecule has 0 saturated carbocycles. The van der Waals surface area contributed by atoms with Gasteiger partial charge in [0.2, 0.25) is 0 Å². The van der Waals surface area contributed by atoms with E-state index in [4.69, 9.17) is 22.7 Å². The third-order valence-corrected chi connectivity index (χ3v) is 4.37. The van der Waals surface area contributed by atoms with E-state index < -0.39 is 0 Å². The SMILES string of the molecule is CSc1cccc(NCCC2CCOC2)c1C(N)=S. The summed E-state index contributed by atoms with van der Waals surface area (Å²) >= 11 is 6.83. The van der Waals surface area contributed by atoms with Crippen LogP contribution in [0.2, 0.25) is 0 Å². The summed E-state index contributed by atoms with van der Waals surface area (Å²) in [6, 6.07) is 6.13. The van der Waals surface area contributed by atoms with Gasteiger partial charge in [-0.05, 0) is 37.1 Å². The standard InChI is InChI=1S/C14H20N2OS2/c1-19-12-4-2-3-11(13(12)14(15)18)16-7-5-10-6-8-17-9-10/h2-4,10,16H,5-9H2,1H3,(H2,15,18). The van der Waals surface area contributed by atoms with E-state index in [2.05, 4.69) is 11.4 Å². The van der Waals surface area contributed by atoms with E-state index in [0.717, 1.165) is 42.3 Å². The van der Waals surface area contributed by atoms with E-state index in [0.29, 0.717) is 10.9 Å². The van der Waals surface area contributed by atoms with E-state index in [1.807, 2.05) is 18.4 Å². The van der Waals surface area contributed by atoms with Gasteiger partial charge in [-0.3, -0.25) is 0 Å². The van der Waals surface area contributed by atoms with Gasteiger partial charge < -0.3 is 15.8 Å². The van der Waals surface area contributed by atoms with Crippen molar-refractivity contribution in [1.82, 2.24) is 0 Å². The largest absolute Gasteiger partial charge is 0.389 e. The molecule has 0 amide bonds. The molecule has 19 heavy (non-hydrogen) atoms. The first-order valence-corrected chi connectivity index (χ1v) is 8.14. The van der Waals surface area contributed by atoms with Crippen LogP contribution in [0.15, 0.2) is 23.1 Å². The Morgan fingerprint density at radius 3 is 3.05 bits per heavy atom. The number of hydrogen-bond donors (Lipinski definition) is 2. The molecule has 104 valence electrons. The van der Waals surface area contributed by atoms with Crippen LogP contribution in [0.4, 0.5) is 5.69 Å². The molecule has 2 rings (SSSR count). The minimum atomic E-state index is 0.455. The third-order valence-electron chi connectivity index (χ3n) is 3.38. The zero-order valence-corrected chi connectivity index (χ0v) is 12.8. The molecule has 0 aromatic heterocycles. The summed E-state index contributed by atoms with van der Waals surface area (Å²) in [7, 11) is 0. The Balaban J connectivity index is 2.00. The first-order valence-electron chi connectivity index (χ1n) is 6.50. The minimum absolute atomic E-state index is 0.455. The van der Waals surface area contributed by atoms with Crippen molar-refractivity contribution in [3.8, 4) is 0 Å². The summed E-state index contributed by atoms with van der Waals surface area (Å²) in [5.74, 6) is 0.685. The molecule has 1 saturated heterocycles. The zero-order chi connectivity index (χ0) is 13.7. The maximum atomic E-state index is 5.84. The topological polar surface area (TPSA) is 47.3 Å². The molecule has 0 aliphatic carbocycles. The van der Waals surface area contributed by atoms with Crippen LogP contribution in [0, 0.1) is 5.92 Å². The van der Waals surface area contributed by atoms with Crippen molar-refractivity contribution in [2.45, 2.75) is 17.7 Å². The van der Waals surface area contributed by atoms with Gasteiger partial charge in [-0.1, -0.05) is 18.3 Å². The van der Waals surface area contributed by atoms with Crippen LogP contribution in [-0.4, -0.2) is 31.0 Å². The predicted molar refractivity (Wildman–Crippen MR) is 86.1 cm³/mol. The number of benzene rings is 1. The van der Waals surface area contributed by atoms with Gasteiger partial charge in [0.05, 0.1) is 0 Å². The highest BCUT2D eigenvalue weighted by Gasteiger charge is 2.15. The van der Waals surface area contributed by atoms with E-state index in [1.54, 1.807) is 11.8 Å². The van der Waals surface area contributed by atoms with Gasteiger partial charge in [-0.2, -0.15) is 0 Å². The average molecular weight is 296 g/mol. The lowest BCUT2D eigenvalue weighted by Gasteiger charge is -2.15. The van der Waals surface area contributed by atoms with Gasteiger partial charge in [0, 0.05) is 35.9 Å². The number of thiocarbonyl (C=S) groups is 1. The second-order valence-corrected chi connectivity index (χ2v) is 5.98. The van der Waals surface area contributed by atoms with E-state index in [1.165, 1.54) is 6.42 Å². The molecule has 1 atom stereocenters. The number of ether oxygens (including phenoxy) is 1. The summed E-state index contributed by atoms with van der Waals surface area (Å²) < 4.78 is 5.39. The molecule has 0 spiro atoms. The third kappa shape index (κ3) is 3.84. The fraction of sp³-hybridized carbons (Fsp3) is 0.500. The fourth-order valence-corrected chi connectivity index (χ4v) is 3.25. The highest BCUT2D eigenvalue weighted by Crippen LogP contribution is 2.27. The van der Waals surface area contributed by atoms with Gasteiger partial charge in [-0.15, -0.1) is 11.8 Å². The Morgan fingerprint density at radius 2 is 2.42 bits per heavy atom. The molecule has 1 aromatic carbocycles. The summed E-state index contributed by atoms with van der Waals surface area (Å²) in [4.78, 5) is 1.58. The number of rotatable bonds is 6. The van der Waals surface area contributed by atoms with E-state index in [9.17, 15) is 0 Å². The highest BCUT2D eigenvalue weighted by molar-refractivity contribution is 7.98. The highest BCUT2D eigenvalue weighted by atomic mass is 32.2. The zero-order valence-electron chi connectivity index (χ0n) is 11.1. The lowest BCUT2D eigenvalue weighted by molar-refractivity contribution is 0.185. The number of nitrogens with one attached hydrogen (secondary N) is 1. The molecule has 3 N–H and O–H groups in total. The van der Waals surface area contributed by atoms with Crippen molar-refractivity contribution < 1.29 is 4.74 Å². The Kier molecular flexibility index (Phi) is 5.48. The van der Waals surface area contributed by atoms with Crippen molar-refractivity contribution in [2.75, 3.05) is 31.3 Å². The Bertz CT molecular complexity index is 445. The molecule has 0 bridgehead atoms. The molecule has 1 aliphatic heterocycles. The monoisotopic (exact) mass is 296 g/mol. The number of anilines is 1. The predicted octanol–water partition coefficient (Wildman–Crippen LogP) is 2.88. The van der Waals surface area contributed by atoms with Gasteiger partial charge in [-0.25, -0.2) is 0 Å². The van der Waals surface area contributed by atoms with Crippen LogP contribution < -0.4 is 11.1 Å². The van der Waals surface area contributed by atoms with Gasteiger partial charge in [0.15, 0.2) is 0 Å². The number of nitrogens with two attached hydrogens (primary N) is 1. The second kappa shape index (κ2) is 7.12. The summed E-state index contributed by atoms with van der Waals surface area (Å²) in [6.45, 7) is 2.74. The summed E-state index contributed by atoms with van der Waals surface area (Å²) in [5.41, 5.74) is 7.85. The lowest BCUT2D eigenvalue weighted by atomic mass is 10.1. The first kappa shape index (κ1) is 14.6. The van der Waals surface area contributed by atoms with Crippen LogP contribution in [0.5, 0.6) is 0 Å². The number of thioether (sulfide) groups is 1. The Hall–Kier alpha value is -0.780.